The molecule has 1 aliphatic rings. The number of piperidine rings is 1. The van der Waals surface area contributed by atoms with Gasteiger partial charge in [0, 0.05) is 24.2 Å². The molecule has 2 N–H and O–H groups in total. The Morgan fingerprint density at radius 1 is 1.50 bits per heavy atom. The van der Waals surface area contributed by atoms with Gasteiger partial charge in [0.05, 0.1) is 11.7 Å². The van der Waals surface area contributed by atoms with Gasteiger partial charge < -0.3 is 9.84 Å². The molecule has 3 heterocycles. The van der Waals surface area contributed by atoms with Gasteiger partial charge in [0.25, 0.3) is 0 Å². The molecule has 0 unspecified atom stereocenters. The van der Waals surface area contributed by atoms with Crippen molar-refractivity contribution in [3.05, 3.63) is 29.3 Å². The maximum Gasteiger partial charge on any atom is 0.242 e. The van der Waals surface area contributed by atoms with Crippen molar-refractivity contribution in [2.75, 3.05) is 18.4 Å². The van der Waals surface area contributed by atoms with Crippen LogP contribution in [0.5, 0.6) is 0 Å². The van der Waals surface area contributed by atoms with Crippen LogP contribution >= 0.6 is 0 Å². The fourth-order valence-corrected chi connectivity index (χ4v) is 3.42. The number of rotatable bonds is 5. The van der Waals surface area contributed by atoms with Crippen molar-refractivity contribution in [3.63, 3.8) is 0 Å². The number of aryl methyl sites for hydroxylation is 2. The van der Waals surface area contributed by atoms with Crippen molar-refractivity contribution in [1.29, 1.82) is 0 Å². The van der Waals surface area contributed by atoms with Crippen molar-refractivity contribution in [1.82, 2.24) is 20.3 Å². The van der Waals surface area contributed by atoms with E-state index in [9.17, 15) is 4.79 Å². The van der Waals surface area contributed by atoms with Crippen LogP contribution in [0.25, 0.3) is 0 Å². The summed E-state index contributed by atoms with van der Waals surface area (Å²) in [4.78, 5) is 14.9. The highest BCUT2D eigenvalue weighted by molar-refractivity contribution is 5.94. The number of hydrogen-bond acceptors (Lipinski definition) is 5. The molecule has 0 saturated carbocycles. The molecule has 2 atom stereocenters. The average molecular weight is 331 g/mol. The number of aromatic nitrogens is 3. The van der Waals surface area contributed by atoms with E-state index in [1.54, 1.807) is 13.0 Å². The summed E-state index contributed by atoms with van der Waals surface area (Å²) in [6.07, 6.45) is 2.94. The molecule has 2 aromatic rings. The summed E-state index contributed by atoms with van der Waals surface area (Å²) >= 11 is 0. The van der Waals surface area contributed by atoms with Crippen molar-refractivity contribution in [2.24, 2.45) is 0 Å². The molecule has 2 aromatic heterocycles. The van der Waals surface area contributed by atoms with E-state index >= 15 is 0 Å². The molecule has 0 aliphatic carbocycles. The Bertz CT molecular complexity index is 693. The average Bonchev–Trinajstić information content (AvgIpc) is 3.17. The summed E-state index contributed by atoms with van der Waals surface area (Å²) in [5.41, 5.74) is 2.17. The predicted octanol–water partition coefficient (Wildman–Crippen LogP) is 2.61. The number of carbonyl (C=O) groups is 1. The van der Waals surface area contributed by atoms with E-state index in [4.69, 9.17) is 4.52 Å². The van der Waals surface area contributed by atoms with Crippen molar-refractivity contribution < 1.29 is 9.32 Å². The number of aromatic amines is 1. The van der Waals surface area contributed by atoms with Gasteiger partial charge in [-0.3, -0.25) is 14.8 Å². The third-order valence-corrected chi connectivity index (χ3v) is 4.61. The fourth-order valence-electron chi connectivity index (χ4n) is 3.42. The monoisotopic (exact) mass is 331 g/mol. The highest BCUT2D eigenvalue weighted by Gasteiger charge is 2.31. The maximum absolute atomic E-state index is 12.6. The van der Waals surface area contributed by atoms with Crippen LogP contribution in [0.1, 0.15) is 49.3 Å². The lowest BCUT2D eigenvalue weighted by atomic mass is 9.93. The van der Waals surface area contributed by atoms with Gasteiger partial charge in [0.1, 0.15) is 5.76 Å². The molecule has 1 amide bonds. The second-order valence-electron chi connectivity index (χ2n) is 6.55. The molecule has 1 saturated heterocycles. The maximum atomic E-state index is 12.6. The topological polar surface area (TPSA) is 87.0 Å². The molecule has 1 aliphatic heterocycles. The molecule has 24 heavy (non-hydrogen) atoms. The smallest absolute Gasteiger partial charge is 0.242 e. The largest absolute Gasteiger partial charge is 0.360 e. The number of hydrogen-bond donors (Lipinski definition) is 2. The van der Waals surface area contributed by atoms with E-state index in [2.05, 4.69) is 31.6 Å². The summed E-state index contributed by atoms with van der Waals surface area (Å²) in [5.74, 6) is 1.52. The zero-order chi connectivity index (χ0) is 17.1. The molecular formula is C17H25N5O2. The first-order valence-corrected chi connectivity index (χ1v) is 8.57. The van der Waals surface area contributed by atoms with E-state index in [1.165, 1.54) is 0 Å². The standard InChI is InChI=1S/C17H25N5O2/c1-4-15(17(23)18-16-9-12(3)24-21-16)22-7-5-6-13(10-22)14-8-11(2)19-20-14/h8-9,13,15H,4-7,10H2,1-3H3,(H,19,20)(H,18,21,23)/t13-,15+/m1/s1. The van der Waals surface area contributed by atoms with Crippen LogP contribution in [0.2, 0.25) is 0 Å². The van der Waals surface area contributed by atoms with E-state index in [-0.39, 0.29) is 11.9 Å². The van der Waals surface area contributed by atoms with Gasteiger partial charge in [0.15, 0.2) is 5.82 Å². The van der Waals surface area contributed by atoms with Crippen LogP contribution in [-0.2, 0) is 4.79 Å². The first kappa shape index (κ1) is 16.7. The van der Waals surface area contributed by atoms with Gasteiger partial charge in [-0.15, -0.1) is 0 Å². The summed E-state index contributed by atoms with van der Waals surface area (Å²) < 4.78 is 5.01. The number of H-pyrrole nitrogens is 1. The van der Waals surface area contributed by atoms with E-state index in [0.717, 1.165) is 43.7 Å². The molecule has 7 nitrogen and oxygen atoms in total. The Morgan fingerprint density at radius 2 is 2.33 bits per heavy atom. The first-order valence-electron chi connectivity index (χ1n) is 8.57. The fraction of sp³-hybridized carbons (Fsp3) is 0.588. The van der Waals surface area contributed by atoms with Gasteiger partial charge in [-0.1, -0.05) is 12.1 Å². The Kier molecular flexibility index (Phi) is 4.99. The summed E-state index contributed by atoms with van der Waals surface area (Å²) in [5, 5.41) is 14.1. The second-order valence-corrected chi connectivity index (χ2v) is 6.55. The van der Waals surface area contributed by atoms with Crippen LogP contribution in [0, 0.1) is 13.8 Å². The molecular weight excluding hydrogens is 306 g/mol. The minimum atomic E-state index is -0.162. The molecule has 0 bridgehead atoms. The lowest BCUT2D eigenvalue weighted by Crippen LogP contribution is -2.48. The summed E-state index contributed by atoms with van der Waals surface area (Å²) in [6, 6.07) is 3.67. The zero-order valence-electron chi connectivity index (χ0n) is 14.5. The highest BCUT2D eigenvalue weighted by Crippen LogP contribution is 2.28. The predicted molar refractivity (Wildman–Crippen MR) is 90.8 cm³/mol. The van der Waals surface area contributed by atoms with Crippen LogP contribution < -0.4 is 5.32 Å². The van der Waals surface area contributed by atoms with Gasteiger partial charge >= 0.3 is 0 Å². The number of amides is 1. The molecule has 3 rings (SSSR count). The molecule has 1 fully saturated rings. The summed E-state index contributed by atoms with van der Waals surface area (Å²) in [7, 11) is 0. The number of likely N-dealkylation sites (tertiary alicyclic amines) is 1. The minimum absolute atomic E-state index is 0.0235. The van der Waals surface area contributed by atoms with Crippen LogP contribution in [0.15, 0.2) is 16.7 Å². The van der Waals surface area contributed by atoms with Gasteiger partial charge in [-0.2, -0.15) is 5.10 Å². The molecule has 7 heteroatoms. The molecule has 0 radical (unpaired) electrons. The molecule has 0 spiro atoms. The Morgan fingerprint density at radius 3 is 2.96 bits per heavy atom. The van der Waals surface area contributed by atoms with Crippen molar-refractivity contribution >= 4 is 11.7 Å². The highest BCUT2D eigenvalue weighted by atomic mass is 16.5. The third kappa shape index (κ3) is 3.67. The number of nitrogens with zero attached hydrogens (tertiary/aromatic N) is 3. The van der Waals surface area contributed by atoms with Crippen LogP contribution in [0.3, 0.4) is 0 Å². The van der Waals surface area contributed by atoms with Crippen molar-refractivity contribution in [3.8, 4) is 0 Å². The van der Waals surface area contributed by atoms with E-state index in [0.29, 0.717) is 17.5 Å². The zero-order valence-corrected chi connectivity index (χ0v) is 14.5. The summed E-state index contributed by atoms with van der Waals surface area (Å²) in [6.45, 7) is 7.65. The Balaban J connectivity index is 1.66. The van der Waals surface area contributed by atoms with E-state index in [1.807, 2.05) is 13.8 Å². The second kappa shape index (κ2) is 7.17. The van der Waals surface area contributed by atoms with Gasteiger partial charge in [-0.05, 0) is 45.7 Å². The third-order valence-electron chi connectivity index (χ3n) is 4.61. The van der Waals surface area contributed by atoms with Crippen LogP contribution in [0.4, 0.5) is 5.82 Å². The molecule has 0 aromatic carbocycles. The Labute approximate surface area is 141 Å². The van der Waals surface area contributed by atoms with Crippen LogP contribution in [-0.4, -0.2) is 45.3 Å². The lowest BCUT2D eigenvalue weighted by molar-refractivity contribution is -0.122. The van der Waals surface area contributed by atoms with Gasteiger partial charge in [0.2, 0.25) is 5.91 Å². The van der Waals surface area contributed by atoms with Crippen molar-refractivity contribution in [2.45, 2.75) is 52.0 Å². The molecule has 130 valence electrons. The first-order chi connectivity index (χ1) is 11.6. The number of anilines is 1. The lowest BCUT2D eigenvalue weighted by Gasteiger charge is -2.36. The van der Waals surface area contributed by atoms with E-state index < -0.39 is 0 Å². The Hall–Kier alpha value is -2.15. The van der Waals surface area contributed by atoms with Gasteiger partial charge in [-0.25, -0.2) is 0 Å². The number of carbonyl (C=O) groups excluding carboxylic acids is 1. The number of nitrogens with one attached hydrogen (secondary N) is 2. The normalized spacial score (nSPS) is 20.0. The quantitative estimate of drug-likeness (QED) is 0.879. The minimum Gasteiger partial charge on any atom is -0.360 e. The SMILES string of the molecule is CC[C@@H](C(=O)Nc1cc(C)on1)N1CCC[C@@H](c2cc(C)[nH]n2)C1.